The van der Waals surface area contributed by atoms with Crippen LogP contribution in [0.2, 0.25) is 0 Å². The first-order valence-electron chi connectivity index (χ1n) is 13.1. The summed E-state index contributed by atoms with van der Waals surface area (Å²) < 4.78 is 28.7. The highest BCUT2D eigenvalue weighted by Gasteiger charge is 2.39. The van der Waals surface area contributed by atoms with Crippen molar-refractivity contribution in [3.8, 4) is 0 Å². The number of amides is 2. The highest BCUT2D eigenvalue weighted by Crippen LogP contribution is 2.28. The number of hydrogen-bond donors (Lipinski definition) is 3. The molecular formula is C30H37N3O6S. The minimum atomic E-state index is -4.00. The van der Waals surface area contributed by atoms with Crippen LogP contribution >= 0.6 is 0 Å². The average Bonchev–Trinajstić information content (AvgIpc) is 2.90. The van der Waals surface area contributed by atoms with Crippen LogP contribution in [-0.4, -0.2) is 58.7 Å². The van der Waals surface area contributed by atoms with E-state index in [-0.39, 0.29) is 49.2 Å². The van der Waals surface area contributed by atoms with Crippen molar-refractivity contribution in [3.63, 3.8) is 0 Å². The second-order valence-corrected chi connectivity index (χ2v) is 12.1. The lowest BCUT2D eigenvalue weighted by molar-refractivity contribution is -0.114. The van der Waals surface area contributed by atoms with E-state index in [1.807, 2.05) is 26.0 Å². The van der Waals surface area contributed by atoms with Crippen LogP contribution in [0.1, 0.15) is 38.3 Å². The molecule has 0 aliphatic carbocycles. The van der Waals surface area contributed by atoms with Crippen LogP contribution in [-0.2, 0) is 27.8 Å². The molecule has 0 fully saturated rings. The molecule has 2 amide bonds. The van der Waals surface area contributed by atoms with Crippen LogP contribution in [0.15, 0.2) is 89.8 Å². The van der Waals surface area contributed by atoms with E-state index in [2.05, 4.69) is 5.32 Å². The Balaban J connectivity index is 1.95. The number of nitrogens with one attached hydrogen (secondary N) is 1. The molecule has 0 saturated carbocycles. The molecule has 3 rings (SSSR count). The number of anilines is 1. The predicted molar refractivity (Wildman–Crippen MR) is 154 cm³/mol. The predicted octanol–water partition coefficient (Wildman–Crippen LogP) is 4.79. The van der Waals surface area contributed by atoms with Gasteiger partial charge in [0.25, 0.3) is 0 Å². The van der Waals surface area contributed by atoms with Gasteiger partial charge in [0.2, 0.25) is 15.9 Å². The van der Waals surface area contributed by atoms with E-state index < -0.39 is 21.8 Å². The van der Waals surface area contributed by atoms with E-state index in [9.17, 15) is 28.2 Å². The first kappa shape index (κ1) is 30.8. The topological polar surface area (TPSA) is 127 Å². The van der Waals surface area contributed by atoms with Gasteiger partial charge in [-0.15, -0.1) is 0 Å². The van der Waals surface area contributed by atoms with Gasteiger partial charge in [-0.25, -0.2) is 13.2 Å². The molecule has 0 bridgehead atoms. The van der Waals surface area contributed by atoms with Crippen molar-refractivity contribution >= 4 is 27.7 Å². The van der Waals surface area contributed by atoms with Crippen molar-refractivity contribution in [1.82, 2.24) is 9.21 Å². The van der Waals surface area contributed by atoms with Gasteiger partial charge in [0.1, 0.15) is 5.72 Å². The van der Waals surface area contributed by atoms with E-state index in [0.717, 1.165) is 10.5 Å². The van der Waals surface area contributed by atoms with Crippen LogP contribution in [0.25, 0.3) is 0 Å². The zero-order chi connectivity index (χ0) is 29.3. The standard InChI is InChI=1S/C30H37N3O6S/c1-23(2)21-32(40(38,39)28-16-14-27(15-17-28)31-24(3)34)19-18-30(37,20-25-10-6-4-7-11-25)33(29(35)36)22-26-12-8-5-9-13-26/h4-17,23,37H,18-22H2,1-3H3,(H,31,34)(H,35,36). The van der Waals surface area contributed by atoms with Crippen LogP contribution in [0, 0.1) is 5.92 Å². The number of benzene rings is 3. The Labute approximate surface area is 236 Å². The average molecular weight is 568 g/mol. The van der Waals surface area contributed by atoms with Gasteiger partial charge in [0, 0.05) is 38.5 Å². The maximum atomic E-state index is 13.7. The summed E-state index contributed by atoms with van der Waals surface area (Å²) in [5.41, 5.74) is -0.0150. The molecule has 10 heteroatoms. The second kappa shape index (κ2) is 13.6. The summed E-state index contributed by atoms with van der Waals surface area (Å²) in [6.07, 6.45) is -1.49. The molecule has 0 aliphatic rings. The summed E-state index contributed by atoms with van der Waals surface area (Å²) in [7, 11) is -4.00. The largest absolute Gasteiger partial charge is 0.465 e. The molecule has 3 aromatic rings. The fraction of sp³-hybridized carbons (Fsp3) is 0.333. The van der Waals surface area contributed by atoms with Gasteiger partial charge in [-0.05, 0) is 41.3 Å². The number of rotatable bonds is 13. The number of sulfonamides is 1. The minimum absolute atomic E-state index is 0.0199. The number of aliphatic hydroxyl groups is 1. The third kappa shape index (κ3) is 8.38. The summed E-state index contributed by atoms with van der Waals surface area (Å²) in [4.78, 5) is 24.9. The minimum Gasteiger partial charge on any atom is -0.465 e. The molecule has 0 spiro atoms. The zero-order valence-corrected chi connectivity index (χ0v) is 23.8. The number of nitrogens with zero attached hydrogens (tertiary/aromatic N) is 2. The molecule has 1 unspecified atom stereocenters. The molecule has 9 nitrogen and oxygen atoms in total. The molecule has 40 heavy (non-hydrogen) atoms. The maximum absolute atomic E-state index is 13.7. The molecule has 3 aromatic carbocycles. The van der Waals surface area contributed by atoms with E-state index in [0.29, 0.717) is 11.3 Å². The lowest BCUT2D eigenvalue weighted by Crippen LogP contribution is -2.54. The van der Waals surface area contributed by atoms with Crippen LogP contribution in [0.4, 0.5) is 10.5 Å². The Morgan fingerprint density at radius 1 is 0.900 bits per heavy atom. The Bertz CT molecular complexity index is 1370. The molecular weight excluding hydrogens is 530 g/mol. The van der Waals surface area contributed by atoms with Crippen LogP contribution in [0.5, 0.6) is 0 Å². The normalized spacial score (nSPS) is 13.2. The quantitative estimate of drug-likeness (QED) is 0.255. The van der Waals surface area contributed by atoms with E-state index >= 15 is 0 Å². The molecule has 1 atom stereocenters. The Morgan fingerprint density at radius 2 is 1.45 bits per heavy atom. The van der Waals surface area contributed by atoms with Crippen LogP contribution < -0.4 is 5.32 Å². The van der Waals surface area contributed by atoms with Crippen molar-refractivity contribution in [1.29, 1.82) is 0 Å². The number of carbonyl (C=O) groups excluding carboxylic acids is 1. The molecule has 0 radical (unpaired) electrons. The summed E-state index contributed by atoms with van der Waals surface area (Å²) in [5.74, 6) is -0.302. The summed E-state index contributed by atoms with van der Waals surface area (Å²) in [5, 5.41) is 24.8. The summed E-state index contributed by atoms with van der Waals surface area (Å²) in [6.45, 7) is 5.12. The molecule has 214 valence electrons. The lowest BCUT2D eigenvalue weighted by Gasteiger charge is -2.39. The van der Waals surface area contributed by atoms with E-state index in [1.165, 1.54) is 35.5 Å². The van der Waals surface area contributed by atoms with Crippen molar-refractivity contribution in [2.24, 2.45) is 5.92 Å². The number of hydrogen-bond acceptors (Lipinski definition) is 5. The lowest BCUT2D eigenvalue weighted by atomic mass is 9.96. The van der Waals surface area contributed by atoms with Gasteiger partial charge in [-0.2, -0.15) is 4.31 Å². The fourth-order valence-electron chi connectivity index (χ4n) is 4.48. The zero-order valence-electron chi connectivity index (χ0n) is 23.0. The Morgan fingerprint density at radius 3 is 1.95 bits per heavy atom. The maximum Gasteiger partial charge on any atom is 0.409 e. The smallest absolute Gasteiger partial charge is 0.409 e. The summed E-state index contributed by atoms with van der Waals surface area (Å²) in [6, 6.07) is 23.9. The van der Waals surface area contributed by atoms with E-state index in [4.69, 9.17) is 0 Å². The third-order valence-electron chi connectivity index (χ3n) is 6.39. The van der Waals surface area contributed by atoms with Gasteiger partial charge in [-0.1, -0.05) is 74.5 Å². The van der Waals surface area contributed by atoms with Gasteiger partial charge in [-0.3, -0.25) is 9.69 Å². The van der Waals surface area contributed by atoms with Crippen LogP contribution in [0.3, 0.4) is 0 Å². The molecule has 0 saturated heterocycles. The molecule has 0 heterocycles. The Kier molecular flexibility index (Phi) is 10.4. The van der Waals surface area contributed by atoms with E-state index in [1.54, 1.807) is 48.5 Å². The van der Waals surface area contributed by atoms with Crippen molar-refractivity contribution < 1.29 is 28.2 Å². The fourth-order valence-corrected chi connectivity index (χ4v) is 6.09. The Hall–Kier alpha value is -3.73. The van der Waals surface area contributed by atoms with Gasteiger partial charge in [0.15, 0.2) is 0 Å². The highest BCUT2D eigenvalue weighted by molar-refractivity contribution is 7.89. The van der Waals surface area contributed by atoms with Gasteiger partial charge in [0.05, 0.1) is 11.4 Å². The first-order valence-corrected chi connectivity index (χ1v) is 14.5. The molecule has 0 aromatic heterocycles. The molecule has 3 N–H and O–H groups in total. The number of carbonyl (C=O) groups is 2. The highest BCUT2D eigenvalue weighted by atomic mass is 32.2. The third-order valence-corrected chi connectivity index (χ3v) is 8.27. The number of carboxylic acid groups (broad SMARTS) is 1. The molecule has 0 aliphatic heterocycles. The van der Waals surface area contributed by atoms with Crippen molar-refractivity contribution in [2.45, 2.75) is 50.8 Å². The summed E-state index contributed by atoms with van der Waals surface area (Å²) >= 11 is 0. The van der Waals surface area contributed by atoms with Gasteiger partial charge >= 0.3 is 6.09 Å². The van der Waals surface area contributed by atoms with Crippen molar-refractivity contribution in [2.75, 3.05) is 18.4 Å². The SMILES string of the molecule is CC(=O)Nc1ccc(S(=O)(=O)N(CCC(O)(Cc2ccccc2)N(Cc2ccccc2)C(=O)O)CC(C)C)cc1. The monoisotopic (exact) mass is 567 g/mol. The van der Waals surface area contributed by atoms with Gasteiger partial charge < -0.3 is 15.5 Å². The first-order chi connectivity index (χ1) is 18.9. The van der Waals surface area contributed by atoms with Crippen molar-refractivity contribution in [3.05, 3.63) is 96.1 Å². The second-order valence-electron chi connectivity index (χ2n) is 10.2.